The lowest BCUT2D eigenvalue weighted by molar-refractivity contribution is -0.141. The van der Waals surface area contributed by atoms with Crippen LogP contribution in [0.4, 0.5) is 0 Å². The number of amides is 1. The molecule has 110 valence electrons. The first-order valence-corrected chi connectivity index (χ1v) is 8.06. The highest BCUT2D eigenvalue weighted by Gasteiger charge is 2.28. The normalized spacial score (nSPS) is 20.6. The summed E-state index contributed by atoms with van der Waals surface area (Å²) in [6.07, 6.45) is 5.10. The molecule has 0 N–H and O–H groups in total. The molecule has 21 heavy (non-hydrogen) atoms. The average molecular weight is 302 g/mol. The molecule has 1 fully saturated rings. The number of hydrazine groups is 1. The van der Waals surface area contributed by atoms with Crippen molar-refractivity contribution in [3.05, 3.63) is 40.9 Å². The number of allylic oxidation sites excluding steroid dienone is 1. The molecule has 0 bridgehead atoms. The molecule has 1 amide bonds. The van der Waals surface area contributed by atoms with Crippen molar-refractivity contribution >= 4 is 23.5 Å². The van der Waals surface area contributed by atoms with Crippen molar-refractivity contribution in [2.75, 3.05) is 13.1 Å². The SMILES string of the molecule is CC(=O)N(C=C1Sc2ccccc2C1=O)N1CCCCC1. The molecule has 0 aromatic heterocycles. The van der Waals surface area contributed by atoms with Crippen LogP contribution in [0.1, 0.15) is 36.5 Å². The summed E-state index contributed by atoms with van der Waals surface area (Å²) in [5, 5.41) is 3.65. The monoisotopic (exact) mass is 302 g/mol. The molecule has 5 heteroatoms. The number of hydrogen-bond acceptors (Lipinski definition) is 4. The van der Waals surface area contributed by atoms with E-state index >= 15 is 0 Å². The van der Waals surface area contributed by atoms with Gasteiger partial charge in [0.15, 0.2) is 0 Å². The maximum Gasteiger partial charge on any atom is 0.237 e. The molecule has 2 heterocycles. The topological polar surface area (TPSA) is 40.6 Å². The maximum atomic E-state index is 12.4. The summed E-state index contributed by atoms with van der Waals surface area (Å²) < 4.78 is 0. The fraction of sp³-hybridized carbons (Fsp3) is 0.375. The van der Waals surface area contributed by atoms with Crippen LogP contribution in [0, 0.1) is 0 Å². The van der Waals surface area contributed by atoms with Crippen LogP contribution in [0.2, 0.25) is 0 Å². The van der Waals surface area contributed by atoms with Crippen LogP contribution in [-0.4, -0.2) is 34.8 Å². The van der Waals surface area contributed by atoms with E-state index in [1.165, 1.54) is 18.2 Å². The molecule has 1 aromatic rings. The highest BCUT2D eigenvalue weighted by Crippen LogP contribution is 2.39. The largest absolute Gasteiger partial charge is 0.288 e. The molecule has 2 aliphatic rings. The first kappa shape index (κ1) is 14.4. The van der Waals surface area contributed by atoms with E-state index < -0.39 is 0 Å². The van der Waals surface area contributed by atoms with E-state index in [4.69, 9.17) is 0 Å². The lowest BCUT2D eigenvalue weighted by Crippen LogP contribution is -2.45. The van der Waals surface area contributed by atoms with Gasteiger partial charge in [-0.1, -0.05) is 30.3 Å². The van der Waals surface area contributed by atoms with Gasteiger partial charge in [0.25, 0.3) is 0 Å². The second kappa shape index (κ2) is 6.03. The number of carbonyl (C=O) groups is 2. The zero-order valence-electron chi connectivity index (χ0n) is 12.0. The molecule has 1 saturated heterocycles. The molecule has 0 atom stereocenters. The molecule has 0 aliphatic carbocycles. The number of ketones is 1. The molecule has 0 spiro atoms. The maximum absolute atomic E-state index is 12.4. The van der Waals surface area contributed by atoms with Gasteiger partial charge in [-0.15, -0.1) is 0 Å². The van der Waals surface area contributed by atoms with E-state index in [-0.39, 0.29) is 11.7 Å². The zero-order chi connectivity index (χ0) is 14.8. The predicted octanol–water partition coefficient (Wildman–Crippen LogP) is 3.07. The van der Waals surface area contributed by atoms with Crippen LogP contribution in [0.3, 0.4) is 0 Å². The van der Waals surface area contributed by atoms with Crippen molar-refractivity contribution in [3.63, 3.8) is 0 Å². The van der Waals surface area contributed by atoms with Gasteiger partial charge in [0.2, 0.25) is 11.7 Å². The van der Waals surface area contributed by atoms with Crippen molar-refractivity contribution in [1.82, 2.24) is 10.0 Å². The number of carbonyl (C=O) groups excluding carboxylic acids is 2. The molecule has 4 nitrogen and oxygen atoms in total. The van der Waals surface area contributed by atoms with Crippen LogP contribution in [-0.2, 0) is 4.79 Å². The van der Waals surface area contributed by atoms with Gasteiger partial charge >= 0.3 is 0 Å². The number of nitrogens with zero attached hydrogens (tertiary/aromatic N) is 2. The van der Waals surface area contributed by atoms with Gasteiger partial charge in [-0.25, -0.2) is 10.0 Å². The Morgan fingerprint density at radius 3 is 2.62 bits per heavy atom. The second-order valence-electron chi connectivity index (χ2n) is 5.30. The first-order chi connectivity index (χ1) is 10.2. The molecule has 0 saturated carbocycles. The van der Waals surface area contributed by atoms with Crippen LogP contribution < -0.4 is 0 Å². The quantitative estimate of drug-likeness (QED) is 0.787. The summed E-state index contributed by atoms with van der Waals surface area (Å²) in [4.78, 5) is 25.9. The Morgan fingerprint density at radius 1 is 1.24 bits per heavy atom. The number of Topliss-reactive ketones (excluding diaryl/α,β-unsaturated/α-hetero) is 1. The summed E-state index contributed by atoms with van der Waals surface area (Å²) in [7, 11) is 0. The average Bonchev–Trinajstić information content (AvgIpc) is 2.82. The number of thioether (sulfide) groups is 1. The van der Waals surface area contributed by atoms with Gasteiger partial charge in [-0.05, 0) is 25.0 Å². The molecule has 0 radical (unpaired) electrons. The Balaban J connectivity index is 1.86. The lowest BCUT2D eigenvalue weighted by Gasteiger charge is -2.34. The van der Waals surface area contributed by atoms with Gasteiger partial charge in [-0.3, -0.25) is 9.59 Å². The summed E-state index contributed by atoms with van der Waals surface area (Å²) >= 11 is 1.45. The smallest absolute Gasteiger partial charge is 0.237 e. The third kappa shape index (κ3) is 2.89. The molecular weight excluding hydrogens is 284 g/mol. The fourth-order valence-corrected chi connectivity index (χ4v) is 3.71. The van der Waals surface area contributed by atoms with E-state index in [0.717, 1.165) is 36.4 Å². The minimum atomic E-state index is -0.0474. The highest BCUT2D eigenvalue weighted by molar-refractivity contribution is 8.04. The Labute approximate surface area is 128 Å². The standard InChI is InChI=1S/C16H18N2O2S/c1-12(19)18(17-9-5-2-6-10-17)11-15-16(20)13-7-3-4-8-14(13)21-15/h3-4,7-8,11H,2,5-6,9-10H2,1H3. The van der Waals surface area contributed by atoms with Gasteiger partial charge in [0, 0.05) is 36.7 Å². The number of piperidine rings is 1. The van der Waals surface area contributed by atoms with Gasteiger partial charge < -0.3 is 0 Å². The second-order valence-corrected chi connectivity index (χ2v) is 6.38. The fourth-order valence-electron chi connectivity index (χ4n) is 2.70. The Bertz CT molecular complexity index is 606. The summed E-state index contributed by atoms with van der Waals surface area (Å²) in [5.41, 5.74) is 0.732. The van der Waals surface area contributed by atoms with E-state index in [1.54, 1.807) is 18.1 Å². The van der Waals surface area contributed by atoms with E-state index in [0.29, 0.717) is 4.91 Å². The van der Waals surface area contributed by atoms with Crippen LogP contribution in [0.25, 0.3) is 0 Å². The summed E-state index contributed by atoms with van der Waals surface area (Å²) in [6, 6.07) is 7.57. The number of rotatable bonds is 2. The predicted molar refractivity (Wildman–Crippen MR) is 82.7 cm³/mol. The third-order valence-corrected chi connectivity index (χ3v) is 4.86. The lowest BCUT2D eigenvalue weighted by atomic mass is 10.1. The Morgan fingerprint density at radius 2 is 1.95 bits per heavy atom. The number of hydrogen-bond donors (Lipinski definition) is 0. The number of fused-ring (bicyclic) bond motifs is 1. The molecule has 1 aromatic carbocycles. The minimum absolute atomic E-state index is 0.0128. The molecule has 3 rings (SSSR count). The van der Waals surface area contributed by atoms with Crippen molar-refractivity contribution in [3.8, 4) is 0 Å². The van der Waals surface area contributed by atoms with E-state index in [1.807, 2.05) is 29.3 Å². The molecule has 2 aliphatic heterocycles. The van der Waals surface area contributed by atoms with Gasteiger partial charge in [0.05, 0.1) is 4.91 Å². The Hall–Kier alpha value is -1.59. The summed E-state index contributed by atoms with van der Waals surface area (Å²) in [5.74, 6) is -0.0346. The van der Waals surface area contributed by atoms with Crippen molar-refractivity contribution in [2.45, 2.75) is 31.1 Å². The third-order valence-electron chi connectivity index (χ3n) is 3.77. The minimum Gasteiger partial charge on any atom is -0.288 e. The molecule has 0 unspecified atom stereocenters. The highest BCUT2D eigenvalue weighted by atomic mass is 32.2. The molecular formula is C16H18N2O2S. The van der Waals surface area contributed by atoms with E-state index in [9.17, 15) is 9.59 Å². The summed E-state index contributed by atoms with van der Waals surface area (Å²) in [6.45, 7) is 3.28. The van der Waals surface area contributed by atoms with Crippen molar-refractivity contribution < 1.29 is 9.59 Å². The number of benzene rings is 1. The van der Waals surface area contributed by atoms with Crippen LogP contribution >= 0.6 is 11.8 Å². The van der Waals surface area contributed by atoms with Crippen molar-refractivity contribution in [1.29, 1.82) is 0 Å². The Kier molecular flexibility index (Phi) is 4.12. The van der Waals surface area contributed by atoms with Crippen LogP contribution in [0.5, 0.6) is 0 Å². The zero-order valence-corrected chi connectivity index (χ0v) is 12.9. The van der Waals surface area contributed by atoms with Gasteiger partial charge in [0.1, 0.15) is 0 Å². The van der Waals surface area contributed by atoms with Crippen LogP contribution in [0.15, 0.2) is 40.3 Å². The first-order valence-electron chi connectivity index (χ1n) is 7.25. The van der Waals surface area contributed by atoms with E-state index in [2.05, 4.69) is 0 Å². The van der Waals surface area contributed by atoms with Crippen molar-refractivity contribution in [2.24, 2.45) is 0 Å². The van der Waals surface area contributed by atoms with Gasteiger partial charge in [-0.2, -0.15) is 0 Å².